The summed E-state index contributed by atoms with van der Waals surface area (Å²) in [6.07, 6.45) is 3.23. The van der Waals surface area contributed by atoms with Crippen molar-refractivity contribution in [2.45, 2.75) is 19.4 Å². The highest BCUT2D eigenvalue weighted by atomic mass is 79.9. The molecule has 0 spiro atoms. The third-order valence-corrected chi connectivity index (χ3v) is 5.28. The number of hydrogen-bond acceptors (Lipinski definition) is 4. The highest BCUT2D eigenvalue weighted by Gasteiger charge is 2.16. The Kier molecular flexibility index (Phi) is 6.77. The lowest BCUT2D eigenvalue weighted by molar-refractivity contribution is 0.0927. The third kappa shape index (κ3) is 4.73. The number of likely N-dealkylation sites (N-methyl/N-ethyl adjacent to an activating group) is 1. The number of hydrogen-bond donors (Lipinski definition) is 0. The Hall–Kier alpha value is 0.160. The van der Waals surface area contributed by atoms with Crippen molar-refractivity contribution in [3.63, 3.8) is 0 Å². The lowest BCUT2D eigenvalue weighted by Gasteiger charge is -2.23. The molecule has 0 bridgehead atoms. The lowest BCUT2D eigenvalue weighted by Crippen LogP contribution is -2.34. The largest absolute Gasteiger partial charge is 0.296 e. The van der Waals surface area contributed by atoms with Crippen LogP contribution in [0.5, 0.6) is 0 Å². The molecule has 1 aromatic heterocycles. The molecule has 1 unspecified atom stereocenters. The normalized spacial score (nSPS) is 13.0. The molecular formula is C12H18BrNOS2. The Morgan fingerprint density at radius 2 is 2.35 bits per heavy atom. The summed E-state index contributed by atoms with van der Waals surface area (Å²) in [4.78, 5) is 15.0. The van der Waals surface area contributed by atoms with E-state index in [1.54, 1.807) is 0 Å². The molecule has 0 saturated carbocycles. The highest BCUT2D eigenvalue weighted by molar-refractivity contribution is 9.10. The molecule has 96 valence electrons. The van der Waals surface area contributed by atoms with E-state index in [4.69, 9.17) is 0 Å². The molecule has 0 aliphatic rings. The smallest absolute Gasteiger partial charge is 0.187 e. The molecule has 1 aromatic rings. The van der Waals surface area contributed by atoms with Gasteiger partial charge in [-0.15, -0.1) is 11.3 Å². The summed E-state index contributed by atoms with van der Waals surface area (Å²) in [5.41, 5.74) is 0. The van der Waals surface area contributed by atoms with Crippen molar-refractivity contribution in [1.82, 2.24) is 4.90 Å². The van der Waals surface area contributed by atoms with Crippen molar-refractivity contribution in [1.29, 1.82) is 0 Å². The topological polar surface area (TPSA) is 20.3 Å². The number of thioether (sulfide) groups is 1. The standard InChI is InChI=1S/C12H18BrNOS2/c1-9(4-6-16-3)14(2)8-11(15)12-10(13)5-7-17-12/h5,7,9H,4,6,8H2,1-3H3. The lowest BCUT2D eigenvalue weighted by atomic mass is 10.2. The first-order valence-electron chi connectivity index (χ1n) is 5.51. The second-order valence-corrected chi connectivity index (χ2v) is 6.82. The third-order valence-electron chi connectivity index (χ3n) is 2.76. The van der Waals surface area contributed by atoms with Crippen LogP contribution < -0.4 is 0 Å². The minimum Gasteiger partial charge on any atom is -0.296 e. The number of carbonyl (C=O) groups excluding carboxylic acids is 1. The summed E-state index contributed by atoms with van der Waals surface area (Å²) in [5.74, 6) is 1.34. The van der Waals surface area contributed by atoms with Gasteiger partial charge in [-0.1, -0.05) is 0 Å². The Balaban J connectivity index is 2.48. The summed E-state index contributed by atoms with van der Waals surface area (Å²) in [5, 5.41) is 1.94. The van der Waals surface area contributed by atoms with Crippen LogP contribution in [0.3, 0.4) is 0 Å². The molecule has 0 fully saturated rings. The molecule has 0 radical (unpaired) electrons. The van der Waals surface area contributed by atoms with Gasteiger partial charge in [0.25, 0.3) is 0 Å². The first kappa shape index (κ1) is 15.2. The SMILES string of the molecule is CSCCC(C)N(C)CC(=O)c1sccc1Br. The molecule has 0 aliphatic heterocycles. The zero-order valence-electron chi connectivity index (χ0n) is 10.4. The summed E-state index contributed by atoms with van der Waals surface area (Å²) >= 11 is 6.75. The van der Waals surface area contributed by atoms with Crippen molar-refractivity contribution in [3.05, 3.63) is 20.8 Å². The van der Waals surface area contributed by atoms with E-state index < -0.39 is 0 Å². The molecule has 1 heterocycles. The van der Waals surface area contributed by atoms with Crippen molar-refractivity contribution < 1.29 is 4.79 Å². The highest BCUT2D eigenvalue weighted by Crippen LogP contribution is 2.23. The molecule has 2 nitrogen and oxygen atoms in total. The average Bonchev–Trinajstić information content (AvgIpc) is 2.72. The first-order valence-corrected chi connectivity index (χ1v) is 8.58. The van der Waals surface area contributed by atoms with Crippen molar-refractivity contribution in [3.8, 4) is 0 Å². The van der Waals surface area contributed by atoms with Crippen LogP contribution in [0.2, 0.25) is 0 Å². The Morgan fingerprint density at radius 1 is 1.65 bits per heavy atom. The van der Waals surface area contributed by atoms with Gasteiger partial charge >= 0.3 is 0 Å². The van der Waals surface area contributed by atoms with Crippen LogP contribution in [0.25, 0.3) is 0 Å². The van der Waals surface area contributed by atoms with E-state index >= 15 is 0 Å². The van der Waals surface area contributed by atoms with E-state index in [0.717, 1.165) is 21.5 Å². The molecule has 0 N–H and O–H groups in total. The molecule has 17 heavy (non-hydrogen) atoms. The van der Waals surface area contributed by atoms with E-state index in [-0.39, 0.29) is 5.78 Å². The van der Waals surface area contributed by atoms with E-state index in [1.165, 1.54) is 11.3 Å². The second-order valence-electron chi connectivity index (χ2n) is 4.07. The van der Waals surface area contributed by atoms with Crippen molar-refractivity contribution in [2.75, 3.05) is 25.6 Å². The number of ketones is 1. The molecule has 0 amide bonds. The van der Waals surface area contributed by atoms with Gasteiger partial charge in [0.05, 0.1) is 11.4 Å². The number of rotatable bonds is 7. The van der Waals surface area contributed by atoms with Crippen LogP contribution in [0.4, 0.5) is 0 Å². The molecule has 0 aliphatic carbocycles. The van der Waals surface area contributed by atoms with Gasteiger partial charge in [0.2, 0.25) is 0 Å². The summed E-state index contributed by atoms with van der Waals surface area (Å²) in [6.45, 7) is 2.67. The number of halogens is 1. The maximum absolute atomic E-state index is 12.0. The quantitative estimate of drug-likeness (QED) is 0.707. The predicted octanol–water partition coefficient (Wildman–Crippen LogP) is 3.77. The van der Waals surface area contributed by atoms with Crippen molar-refractivity contribution >= 4 is 44.8 Å². The zero-order valence-corrected chi connectivity index (χ0v) is 13.6. The van der Waals surface area contributed by atoms with E-state index in [9.17, 15) is 4.79 Å². The molecule has 0 aromatic carbocycles. The van der Waals surface area contributed by atoms with E-state index in [1.807, 2.05) is 30.3 Å². The molecule has 5 heteroatoms. The van der Waals surface area contributed by atoms with Gasteiger partial charge in [0.1, 0.15) is 0 Å². The fraction of sp³-hybridized carbons (Fsp3) is 0.583. The van der Waals surface area contributed by atoms with Crippen LogP contribution in [0.1, 0.15) is 23.0 Å². The Bertz CT molecular complexity index is 367. The van der Waals surface area contributed by atoms with Gasteiger partial charge in [-0.2, -0.15) is 11.8 Å². The Labute approximate surface area is 120 Å². The maximum atomic E-state index is 12.0. The average molecular weight is 336 g/mol. The van der Waals surface area contributed by atoms with Gasteiger partial charge in [0.15, 0.2) is 5.78 Å². The number of nitrogens with zero attached hydrogens (tertiary/aromatic N) is 1. The summed E-state index contributed by atoms with van der Waals surface area (Å²) in [7, 11) is 2.02. The van der Waals surface area contributed by atoms with E-state index in [2.05, 4.69) is 34.0 Å². The maximum Gasteiger partial charge on any atom is 0.187 e. The van der Waals surface area contributed by atoms with Gasteiger partial charge in [-0.3, -0.25) is 9.69 Å². The minimum absolute atomic E-state index is 0.199. The molecular weight excluding hydrogens is 318 g/mol. The van der Waals surface area contributed by atoms with Crippen molar-refractivity contribution in [2.24, 2.45) is 0 Å². The van der Waals surface area contributed by atoms with Crippen LogP contribution in [-0.2, 0) is 0 Å². The monoisotopic (exact) mass is 335 g/mol. The fourth-order valence-electron chi connectivity index (χ4n) is 1.46. The number of thiophene rings is 1. The molecule has 0 saturated heterocycles. The number of Topliss-reactive ketones (excluding diaryl/α,β-unsaturated/α-hetero) is 1. The fourth-order valence-corrected chi connectivity index (χ4v) is 3.56. The molecule has 1 rings (SSSR count). The Morgan fingerprint density at radius 3 is 2.88 bits per heavy atom. The predicted molar refractivity (Wildman–Crippen MR) is 81.4 cm³/mol. The van der Waals surface area contributed by atoms with Crippen LogP contribution in [0.15, 0.2) is 15.9 Å². The van der Waals surface area contributed by atoms with Crippen LogP contribution in [-0.4, -0.2) is 42.3 Å². The van der Waals surface area contributed by atoms with E-state index in [0.29, 0.717) is 12.6 Å². The summed E-state index contributed by atoms with van der Waals surface area (Å²) < 4.78 is 0.915. The second kappa shape index (κ2) is 7.56. The number of carbonyl (C=O) groups is 1. The van der Waals surface area contributed by atoms with Crippen LogP contribution >= 0.6 is 39.0 Å². The van der Waals surface area contributed by atoms with Gasteiger partial charge in [0, 0.05) is 10.5 Å². The van der Waals surface area contributed by atoms with Crippen LogP contribution in [0, 0.1) is 0 Å². The zero-order chi connectivity index (χ0) is 12.8. The van der Waals surface area contributed by atoms with Gasteiger partial charge < -0.3 is 0 Å². The van der Waals surface area contributed by atoms with Gasteiger partial charge in [-0.05, 0) is 59.8 Å². The van der Waals surface area contributed by atoms with Gasteiger partial charge in [-0.25, -0.2) is 0 Å². The minimum atomic E-state index is 0.199. The summed E-state index contributed by atoms with van der Waals surface area (Å²) in [6, 6.07) is 2.37. The first-order chi connectivity index (χ1) is 8.06. The molecule has 1 atom stereocenters.